The second kappa shape index (κ2) is 7.76. The lowest BCUT2D eigenvalue weighted by atomic mass is 10.3. The molecule has 1 aromatic rings. The second-order valence-electron chi connectivity index (χ2n) is 3.47. The molecule has 0 atom stereocenters. The first-order chi connectivity index (χ1) is 7.36. The molecule has 0 saturated carbocycles. The molecule has 0 aromatic heterocycles. The molecule has 15 heavy (non-hydrogen) atoms. The van der Waals surface area contributed by atoms with E-state index in [4.69, 9.17) is 8.53 Å². The molecule has 0 saturated heterocycles. The Morgan fingerprint density at radius 2 is 1.67 bits per heavy atom. The van der Waals surface area contributed by atoms with E-state index in [-0.39, 0.29) is 0 Å². The molecular weight excluding hydrogens is 203 g/mol. The molecule has 0 aliphatic heterocycles. The fourth-order valence-electron chi connectivity index (χ4n) is 1.42. The summed E-state index contributed by atoms with van der Waals surface area (Å²) in [5, 5.41) is 2.42. The highest BCUT2D eigenvalue weighted by molar-refractivity contribution is 6.51. The largest absolute Gasteiger partial charge is 0.498 e. The van der Waals surface area contributed by atoms with E-state index in [0.29, 0.717) is 6.61 Å². The van der Waals surface area contributed by atoms with Gasteiger partial charge in [-0.3, -0.25) is 0 Å². The van der Waals surface area contributed by atoms with Crippen LogP contribution in [0.3, 0.4) is 0 Å². The monoisotopic (exact) mass is 222 g/mol. The van der Waals surface area contributed by atoms with E-state index in [1.165, 1.54) is 10.6 Å². The molecule has 1 rings (SSSR count). The average molecular weight is 222 g/mol. The second-order valence-corrected chi connectivity index (χ2v) is 6.68. The average Bonchev–Trinajstić information content (AvgIpc) is 2.31. The first-order valence-corrected chi connectivity index (χ1v) is 7.76. The number of benzene rings is 1. The quantitative estimate of drug-likeness (QED) is 0.521. The molecule has 0 bridgehead atoms. The summed E-state index contributed by atoms with van der Waals surface area (Å²) < 4.78 is 11.3. The van der Waals surface area contributed by atoms with E-state index >= 15 is 0 Å². The zero-order chi connectivity index (χ0) is 10.9. The number of para-hydroxylation sites is 1. The van der Waals surface area contributed by atoms with Crippen LogP contribution in [0.1, 0.15) is 13.8 Å². The van der Waals surface area contributed by atoms with E-state index in [0.717, 1.165) is 12.4 Å². The molecule has 0 fully saturated rings. The summed E-state index contributed by atoms with van der Waals surface area (Å²) in [6.45, 7) is 5.80. The number of ether oxygens (including phenoxy) is 1. The molecule has 0 spiro atoms. The van der Waals surface area contributed by atoms with Crippen LogP contribution in [0.25, 0.3) is 0 Å². The van der Waals surface area contributed by atoms with Gasteiger partial charge in [0.2, 0.25) is 0 Å². The van der Waals surface area contributed by atoms with E-state index < -0.39 is 14.5 Å². The lowest BCUT2D eigenvalue weighted by Gasteiger charge is -2.10. The minimum atomic E-state index is -0.898. The van der Waals surface area contributed by atoms with Crippen LogP contribution in [0.15, 0.2) is 30.3 Å². The SMILES string of the molecule is C[CH2][Al]([CH2]C)[O]CCOc1ccccc1. The molecule has 82 valence electrons. The van der Waals surface area contributed by atoms with Crippen LogP contribution in [0.4, 0.5) is 0 Å². The van der Waals surface area contributed by atoms with Crippen LogP contribution in [-0.4, -0.2) is 27.7 Å². The normalized spacial score (nSPS) is 10.0. The molecule has 0 amide bonds. The first kappa shape index (κ1) is 12.6. The van der Waals surface area contributed by atoms with Gasteiger partial charge in [-0.05, 0) is 12.1 Å². The topological polar surface area (TPSA) is 18.5 Å². The highest BCUT2D eigenvalue weighted by Crippen LogP contribution is 2.08. The zero-order valence-electron chi connectivity index (χ0n) is 9.61. The molecular formula is C12H19AlO2. The third kappa shape index (κ3) is 5.23. The van der Waals surface area contributed by atoms with Gasteiger partial charge in [-0.15, -0.1) is 0 Å². The van der Waals surface area contributed by atoms with Gasteiger partial charge >= 0.3 is 14.5 Å². The van der Waals surface area contributed by atoms with Crippen molar-refractivity contribution in [2.24, 2.45) is 0 Å². The lowest BCUT2D eigenvalue weighted by molar-refractivity contribution is 0.216. The fraction of sp³-hybridized carbons (Fsp3) is 0.500. The number of hydrogen-bond donors (Lipinski definition) is 0. The van der Waals surface area contributed by atoms with Crippen LogP contribution < -0.4 is 4.74 Å². The predicted molar refractivity (Wildman–Crippen MR) is 64.6 cm³/mol. The Hall–Kier alpha value is -0.488. The molecule has 0 unspecified atom stereocenters. The Morgan fingerprint density at radius 1 is 1.00 bits per heavy atom. The summed E-state index contributed by atoms with van der Waals surface area (Å²) in [5.41, 5.74) is 0. The summed E-state index contributed by atoms with van der Waals surface area (Å²) >= 11 is -0.898. The Balaban J connectivity index is 2.12. The van der Waals surface area contributed by atoms with Crippen LogP contribution in [0, 0.1) is 0 Å². The van der Waals surface area contributed by atoms with Gasteiger partial charge in [-0.1, -0.05) is 42.6 Å². The molecule has 0 heterocycles. The van der Waals surface area contributed by atoms with Crippen molar-refractivity contribution in [2.75, 3.05) is 13.2 Å². The van der Waals surface area contributed by atoms with Crippen molar-refractivity contribution in [3.8, 4) is 5.75 Å². The number of rotatable bonds is 7. The summed E-state index contributed by atoms with van der Waals surface area (Å²) in [4.78, 5) is 0. The predicted octanol–water partition coefficient (Wildman–Crippen LogP) is 3.11. The van der Waals surface area contributed by atoms with Crippen LogP contribution in [0.5, 0.6) is 5.75 Å². The molecule has 0 radical (unpaired) electrons. The summed E-state index contributed by atoms with van der Waals surface area (Å²) in [6, 6.07) is 9.88. The summed E-state index contributed by atoms with van der Waals surface area (Å²) in [5.74, 6) is 0.923. The molecule has 0 aliphatic rings. The van der Waals surface area contributed by atoms with Crippen molar-refractivity contribution >= 4 is 14.5 Å². The van der Waals surface area contributed by atoms with E-state index in [9.17, 15) is 0 Å². The minimum Gasteiger partial charge on any atom is -0.498 e. The van der Waals surface area contributed by atoms with Gasteiger partial charge in [-0.25, -0.2) is 0 Å². The van der Waals surface area contributed by atoms with Crippen LogP contribution in [0.2, 0.25) is 10.6 Å². The Kier molecular flexibility index (Phi) is 6.51. The zero-order valence-corrected chi connectivity index (χ0v) is 10.8. The molecule has 0 N–H and O–H groups in total. The summed E-state index contributed by atoms with van der Waals surface area (Å²) in [6.07, 6.45) is 0. The molecule has 3 heteroatoms. The van der Waals surface area contributed by atoms with Crippen molar-refractivity contribution in [3.63, 3.8) is 0 Å². The van der Waals surface area contributed by atoms with E-state index in [1.807, 2.05) is 30.3 Å². The Labute approximate surface area is 96.9 Å². The van der Waals surface area contributed by atoms with Gasteiger partial charge in [0.1, 0.15) is 12.4 Å². The third-order valence-electron chi connectivity index (χ3n) is 2.36. The van der Waals surface area contributed by atoms with Crippen LogP contribution >= 0.6 is 0 Å². The lowest BCUT2D eigenvalue weighted by Crippen LogP contribution is -2.19. The van der Waals surface area contributed by atoms with Crippen LogP contribution in [-0.2, 0) is 3.79 Å². The van der Waals surface area contributed by atoms with Crippen molar-refractivity contribution in [1.29, 1.82) is 0 Å². The Morgan fingerprint density at radius 3 is 2.27 bits per heavy atom. The van der Waals surface area contributed by atoms with Gasteiger partial charge in [0.05, 0.1) is 0 Å². The smallest absolute Gasteiger partial charge is 0.460 e. The van der Waals surface area contributed by atoms with Crippen molar-refractivity contribution in [1.82, 2.24) is 0 Å². The maximum Gasteiger partial charge on any atom is 0.460 e. The summed E-state index contributed by atoms with van der Waals surface area (Å²) in [7, 11) is 0. The van der Waals surface area contributed by atoms with Crippen molar-refractivity contribution in [3.05, 3.63) is 30.3 Å². The highest BCUT2D eigenvalue weighted by atomic mass is 27.2. The van der Waals surface area contributed by atoms with E-state index in [2.05, 4.69) is 13.8 Å². The maximum absolute atomic E-state index is 5.78. The van der Waals surface area contributed by atoms with Gasteiger partial charge in [0.15, 0.2) is 0 Å². The van der Waals surface area contributed by atoms with E-state index in [1.54, 1.807) is 0 Å². The van der Waals surface area contributed by atoms with Gasteiger partial charge < -0.3 is 8.53 Å². The van der Waals surface area contributed by atoms with Gasteiger partial charge in [-0.2, -0.15) is 0 Å². The first-order valence-electron chi connectivity index (χ1n) is 5.66. The molecule has 1 aromatic carbocycles. The molecule has 0 aliphatic carbocycles. The van der Waals surface area contributed by atoms with Gasteiger partial charge in [0.25, 0.3) is 0 Å². The van der Waals surface area contributed by atoms with Crippen molar-refractivity contribution < 1.29 is 8.53 Å². The fourth-order valence-corrected chi connectivity index (χ4v) is 2.89. The van der Waals surface area contributed by atoms with Gasteiger partial charge in [0, 0.05) is 6.61 Å². The highest BCUT2D eigenvalue weighted by Gasteiger charge is 2.13. The van der Waals surface area contributed by atoms with Crippen molar-refractivity contribution in [2.45, 2.75) is 24.4 Å². The minimum absolute atomic E-state index is 0.660. The molecule has 2 nitrogen and oxygen atoms in total. The number of hydrogen-bond acceptors (Lipinski definition) is 2. The maximum atomic E-state index is 5.78. The Bertz CT molecular complexity index is 247. The third-order valence-corrected chi connectivity index (χ3v) is 4.89. The standard InChI is InChI=1S/C8H9O2.2C2H5.Al/c9-6-7-10-8-4-2-1-3-5-8;2*1-2;/h1-5H,6-7H2;2*1H2,2H3;/q-1;;;+1.